The first-order valence-corrected chi connectivity index (χ1v) is 4.62. The molecule has 3 nitrogen and oxygen atoms in total. The molecule has 72 valence electrons. The summed E-state index contributed by atoms with van der Waals surface area (Å²) in [6.07, 6.45) is 1.20. The quantitative estimate of drug-likeness (QED) is 0.581. The van der Waals surface area contributed by atoms with Crippen molar-refractivity contribution >= 4 is 5.91 Å². The van der Waals surface area contributed by atoms with Gasteiger partial charge in [0.15, 0.2) is 0 Å². The van der Waals surface area contributed by atoms with Crippen LogP contribution >= 0.6 is 0 Å². The summed E-state index contributed by atoms with van der Waals surface area (Å²) in [4.78, 5) is 10.5. The number of carbonyl (C=O) groups is 1. The normalized spacial score (nSPS) is 12.6. The topological polar surface area (TPSA) is 41.1 Å². The fraction of sp³-hybridized carbons (Fsp3) is 0.889. The van der Waals surface area contributed by atoms with Crippen LogP contribution in [0.5, 0.6) is 0 Å². The molecular formula is C9H20N2O. The molecule has 0 rings (SSSR count). The number of hydrogen-bond donors (Lipinski definition) is 2. The van der Waals surface area contributed by atoms with E-state index in [1.165, 1.54) is 13.3 Å². The molecule has 3 heteroatoms. The van der Waals surface area contributed by atoms with Crippen LogP contribution in [0.3, 0.4) is 0 Å². The van der Waals surface area contributed by atoms with Crippen molar-refractivity contribution in [1.29, 1.82) is 0 Å². The molecule has 0 saturated heterocycles. The molecule has 0 aromatic rings. The maximum atomic E-state index is 10.5. The van der Waals surface area contributed by atoms with Crippen LogP contribution in [0.1, 0.15) is 27.2 Å². The number of rotatable bonds is 6. The molecule has 0 aliphatic heterocycles. The second-order valence-corrected chi connectivity index (χ2v) is 3.20. The SMILES string of the molecule is CCC(C)CNCCNC(C)=O. The highest BCUT2D eigenvalue weighted by Crippen LogP contribution is 1.96. The van der Waals surface area contributed by atoms with E-state index in [9.17, 15) is 4.79 Å². The second-order valence-electron chi connectivity index (χ2n) is 3.20. The summed E-state index contributed by atoms with van der Waals surface area (Å²) in [6, 6.07) is 0. The number of carbonyl (C=O) groups excluding carboxylic acids is 1. The van der Waals surface area contributed by atoms with E-state index < -0.39 is 0 Å². The molecule has 0 aliphatic carbocycles. The highest BCUT2D eigenvalue weighted by Gasteiger charge is 1.96. The predicted octanol–water partition coefficient (Wildman–Crippen LogP) is 0.758. The van der Waals surface area contributed by atoms with Crippen molar-refractivity contribution in [3.8, 4) is 0 Å². The Hall–Kier alpha value is -0.570. The summed E-state index contributed by atoms with van der Waals surface area (Å²) in [5.74, 6) is 0.766. The van der Waals surface area contributed by atoms with Crippen LogP contribution in [0, 0.1) is 5.92 Å². The van der Waals surface area contributed by atoms with Crippen molar-refractivity contribution < 1.29 is 4.79 Å². The van der Waals surface area contributed by atoms with E-state index in [2.05, 4.69) is 24.5 Å². The van der Waals surface area contributed by atoms with Gasteiger partial charge in [0.05, 0.1) is 0 Å². The van der Waals surface area contributed by atoms with E-state index in [0.717, 1.165) is 25.6 Å². The van der Waals surface area contributed by atoms with Gasteiger partial charge in [-0.15, -0.1) is 0 Å². The third-order valence-electron chi connectivity index (χ3n) is 1.87. The number of nitrogens with one attached hydrogen (secondary N) is 2. The molecule has 12 heavy (non-hydrogen) atoms. The van der Waals surface area contributed by atoms with Crippen molar-refractivity contribution in [3.63, 3.8) is 0 Å². The Labute approximate surface area is 74.9 Å². The molecule has 0 fully saturated rings. The third kappa shape index (κ3) is 7.54. The van der Waals surface area contributed by atoms with Gasteiger partial charge in [0.2, 0.25) is 5.91 Å². The van der Waals surface area contributed by atoms with Crippen LogP contribution in [0.15, 0.2) is 0 Å². The van der Waals surface area contributed by atoms with Crippen LogP contribution in [-0.2, 0) is 4.79 Å². The highest BCUT2D eigenvalue weighted by molar-refractivity contribution is 5.72. The maximum Gasteiger partial charge on any atom is 0.216 e. The molecule has 0 aromatic heterocycles. The lowest BCUT2D eigenvalue weighted by molar-refractivity contribution is -0.118. The Kier molecular flexibility index (Phi) is 6.76. The van der Waals surface area contributed by atoms with E-state index in [1.807, 2.05) is 0 Å². The van der Waals surface area contributed by atoms with Gasteiger partial charge < -0.3 is 10.6 Å². The molecule has 1 unspecified atom stereocenters. The molecule has 1 amide bonds. The molecule has 0 saturated carbocycles. The van der Waals surface area contributed by atoms with Crippen molar-refractivity contribution in [3.05, 3.63) is 0 Å². The largest absolute Gasteiger partial charge is 0.355 e. The van der Waals surface area contributed by atoms with Crippen molar-refractivity contribution in [2.24, 2.45) is 5.92 Å². The molecule has 0 radical (unpaired) electrons. The summed E-state index contributed by atoms with van der Waals surface area (Å²) in [5.41, 5.74) is 0. The Balaban J connectivity index is 3.05. The summed E-state index contributed by atoms with van der Waals surface area (Å²) >= 11 is 0. The first-order chi connectivity index (χ1) is 5.66. The van der Waals surface area contributed by atoms with Gasteiger partial charge in [-0.2, -0.15) is 0 Å². The van der Waals surface area contributed by atoms with E-state index in [0.29, 0.717) is 0 Å². The summed E-state index contributed by atoms with van der Waals surface area (Å²) in [7, 11) is 0. The smallest absolute Gasteiger partial charge is 0.216 e. The van der Waals surface area contributed by atoms with Gasteiger partial charge >= 0.3 is 0 Å². The zero-order chi connectivity index (χ0) is 9.40. The van der Waals surface area contributed by atoms with Gasteiger partial charge in [-0.05, 0) is 12.5 Å². The molecule has 0 heterocycles. The van der Waals surface area contributed by atoms with Crippen molar-refractivity contribution in [2.45, 2.75) is 27.2 Å². The average molecular weight is 172 g/mol. The van der Waals surface area contributed by atoms with Crippen LogP contribution in [0.25, 0.3) is 0 Å². The minimum atomic E-state index is 0.0420. The van der Waals surface area contributed by atoms with Crippen LogP contribution in [-0.4, -0.2) is 25.5 Å². The van der Waals surface area contributed by atoms with E-state index >= 15 is 0 Å². The van der Waals surface area contributed by atoms with Gasteiger partial charge in [0.1, 0.15) is 0 Å². The Bertz CT molecular complexity index is 126. The van der Waals surface area contributed by atoms with E-state index in [1.54, 1.807) is 0 Å². The van der Waals surface area contributed by atoms with Crippen LogP contribution < -0.4 is 10.6 Å². The minimum absolute atomic E-state index is 0.0420. The monoisotopic (exact) mass is 172 g/mol. The van der Waals surface area contributed by atoms with Gasteiger partial charge in [-0.25, -0.2) is 0 Å². The van der Waals surface area contributed by atoms with E-state index in [4.69, 9.17) is 0 Å². The summed E-state index contributed by atoms with van der Waals surface area (Å²) in [5, 5.41) is 6.01. The lowest BCUT2D eigenvalue weighted by Crippen LogP contribution is -2.32. The van der Waals surface area contributed by atoms with Gasteiger partial charge in [0, 0.05) is 20.0 Å². The predicted molar refractivity (Wildman–Crippen MR) is 51.0 cm³/mol. The number of amides is 1. The lowest BCUT2D eigenvalue weighted by Gasteiger charge is -2.09. The van der Waals surface area contributed by atoms with Gasteiger partial charge in [0.25, 0.3) is 0 Å². The number of hydrogen-bond acceptors (Lipinski definition) is 2. The van der Waals surface area contributed by atoms with Crippen molar-refractivity contribution in [2.75, 3.05) is 19.6 Å². The standard InChI is InChI=1S/C9H20N2O/c1-4-8(2)7-10-5-6-11-9(3)12/h8,10H,4-7H2,1-3H3,(H,11,12). The molecule has 0 spiro atoms. The van der Waals surface area contributed by atoms with Gasteiger partial charge in [-0.3, -0.25) is 4.79 Å². The fourth-order valence-electron chi connectivity index (χ4n) is 0.820. The third-order valence-corrected chi connectivity index (χ3v) is 1.87. The second kappa shape index (κ2) is 7.10. The minimum Gasteiger partial charge on any atom is -0.355 e. The first kappa shape index (κ1) is 11.4. The zero-order valence-corrected chi connectivity index (χ0v) is 8.31. The molecule has 2 N–H and O–H groups in total. The lowest BCUT2D eigenvalue weighted by atomic mass is 10.1. The molecular weight excluding hydrogens is 152 g/mol. The van der Waals surface area contributed by atoms with Crippen molar-refractivity contribution in [1.82, 2.24) is 10.6 Å². The molecule has 0 bridgehead atoms. The average Bonchev–Trinajstić information content (AvgIpc) is 2.03. The van der Waals surface area contributed by atoms with Gasteiger partial charge in [-0.1, -0.05) is 20.3 Å². The summed E-state index contributed by atoms with van der Waals surface area (Å²) in [6.45, 7) is 8.56. The highest BCUT2D eigenvalue weighted by atomic mass is 16.1. The Morgan fingerprint density at radius 2 is 2.08 bits per heavy atom. The molecule has 0 aromatic carbocycles. The van der Waals surface area contributed by atoms with Crippen LogP contribution in [0.2, 0.25) is 0 Å². The Morgan fingerprint density at radius 1 is 1.42 bits per heavy atom. The van der Waals surface area contributed by atoms with Crippen LogP contribution in [0.4, 0.5) is 0 Å². The zero-order valence-electron chi connectivity index (χ0n) is 8.31. The maximum absolute atomic E-state index is 10.5. The summed E-state index contributed by atoms with van der Waals surface area (Å²) < 4.78 is 0. The molecule has 1 atom stereocenters. The fourth-order valence-corrected chi connectivity index (χ4v) is 0.820. The van der Waals surface area contributed by atoms with E-state index in [-0.39, 0.29) is 5.91 Å². The molecule has 0 aliphatic rings. The Morgan fingerprint density at radius 3 is 2.58 bits per heavy atom. The first-order valence-electron chi connectivity index (χ1n) is 4.62.